The highest BCUT2D eigenvalue weighted by Crippen LogP contribution is 2.30. The highest BCUT2D eigenvalue weighted by molar-refractivity contribution is 8.01. The van der Waals surface area contributed by atoms with E-state index >= 15 is 0 Å². The molecule has 1 aromatic rings. The van der Waals surface area contributed by atoms with Crippen molar-refractivity contribution in [1.29, 1.82) is 0 Å². The fraction of sp³-hybridized carbons (Fsp3) is 0.750. The Labute approximate surface area is 131 Å². The number of anilines is 1. The summed E-state index contributed by atoms with van der Waals surface area (Å²) < 4.78 is 6.12. The molecule has 0 spiro atoms. The van der Waals surface area contributed by atoms with E-state index in [2.05, 4.69) is 20.0 Å². The van der Waals surface area contributed by atoms with E-state index in [-0.39, 0.29) is 5.75 Å². The number of carbonyl (C=O) groups is 1. The van der Waals surface area contributed by atoms with Crippen molar-refractivity contribution in [3.63, 3.8) is 0 Å². The van der Waals surface area contributed by atoms with Gasteiger partial charge in [-0.1, -0.05) is 23.1 Å². The Kier molecular flexibility index (Phi) is 4.94. The summed E-state index contributed by atoms with van der Waals surface area (Å²) >= 11 is 2.71. The number of hydrogen-bond acceptors (Lipinski definition) is 8. The van der Waals surface area contributed by atoms with Gasteiger partial charge in [-0.15, -0.1) is 10.2 Å². The van der Waals surface area contributed by atoms with Gasteiger partial charge in [-0.3, -0.25) is 9.69 Å². The number of aliphatic carboxylic acids is 1. The van der Waals surface area contributed by atoms with E-state index in [0.29, 0.717) is 6.04 Å². The second kappa shape index (κ2) is 6.91. The number of ether oxygens (including phenoxy) is 1. The van der Waals surface area contributed by atoms with Crippen molar-refractivity contribution >= 4 is 34.2 Å². The zero-order valence-corrected chi connectivity index (χ0v) is 13.2. The quantitative estimate of drug-likeness (QED) is 0.788. The first-order valence-electron chi connectivity index (χ1n) is 6.97. The maximum Gasteiger partial charge on any atom is 0.313 e. The van der Waals surface area contributed by atoms with Crippen LogP contribution in [0.5, 0.6) is 0 Å². The molecular formula is C12H18N4O3S2. The van der Waals surface area contributed by atoms with Crippen LogP contribution in [0, 0.1) is 0 Å². The average Bonchev–Trinajstić information content (AvgIpc) is 3.15. The molecule has 0 aromatic carbocycles. The van der Waals surface area contributed by atoms with Crippen molar-refractivity contribution in [2.24, 2.45) is 0 Å². The Balaban J connectivity index is 1.54. The van der Waals surface area contributed by atoms with Crippen LogP contribution >= 0.6 is 23.1 Å². The second-order valence-electron chi connectivity index (χ2n) is 5.07. The molecule has 1 atom stereocenters. The third-order valence-electron chi connectivity index (χ3n) is 3.71. The summed E-state index contributed by atoms with van der Waals surface area (Å²) in [4.78, 5) is 15.3. The van der Waals surface area contributed by atoms with E-state index in [1.807, 2.05) is 0 Å². The molecule has 0 amide bonds. The van der Waals surface area contributed by atoms with Crippen LogP contribution < -0.4 is 4.90 Å². The van der Waals surface area contributed by atoms with Crippen molar-refractivity contribution in [3.8, 4) is 0 Å². The summed E-state index contributed by atoms with van der Waals surface area (Å²) in [5, 5.41) is 17.8. The SMILES string of the molecule is O=C(O)CSc1nnc(N2CCC(N3CCOCC3)C2)s1. The Morgan fingerprint density at radius 3 is 2.95 bits per heavy atom. The maximum atomic E-state index is 10.6. The molecule has 0 bridgehead atoms. The van der Waals surface area contributed by atoms with Gasteiger partial charge in [0.2, 0.25) is 5.13 Å². The fourth-order valence-electron chi connectivity index (χ4n) is 2.67. The van der Waals surface area contributed by atoms with Crippen molar-refractivity contribution in [2.75, 3.05) is 50.0 Å². The largest absolute Gasteiger partial charge is 0.481 e. The molecule has 3 heterocycles. The summed E-state index contributed by atoms with van der Waals surface area (Å²) in [7, 11) is 0. The summed E-state index contributed by atoms with van der Waals surface area (Å²) in [5.74, 6) is -0.796. The molecule has 0 saturated carbocycles. The molecule has 7 nitrogen and oxygen atoms in total. The first kappa shape index (κ1) is 15.0. The van der Waals surface area contributed by atoms with E-state index in [1.165, 1.54) is 23.1 Å². The minimum atomic E-state index is -0.828. The zero-order chi connectivity index (χ0) is 14.7. The highest BCUT2D eigenvalue weighted by atomic mass is 32.2. The van der Waals surface area contributed by atoms with Gasteiger partial charge in [0.05, 0.1) is 19.0 Å². The summed E-state index contributed by atoms with van der Waals surface area (Å²) in [6.45, 7) is 5.62. The van der Waals surface area contributed by atoms with Gasteiger partial charge in [0.25, 0.3) is 0 Å². The number of nitrogens with zero attached hydrogens (tertiary/aromatic N) is 4. The molecule has 2 aliphatic heterocycles. The smallest absolute Gasteiger partial charge is 0.313 e. The van der Waals surface area contributed by atoms with Crippen LogP contribution in [0.15, 0.2) is 4.34 Å². The van der Waals surface area contributed by atoms with Crippen LogP contribution in [0.25, 0.3) is 0 Å². The van der Waals surface area contributed by atoms with Gasteiger partial charge < -0.3 is 14.7 Å². The molecule has 0 aliphatic carbocycles. The van der Waals surface area contributed by atoms with E-state index < -0.39 is 5.97 Å². The van der Waals surface area contributed by atoms with Crippen LogP contribution in [-0.4, -0.2) is 77.4 Å². The van der Waals surface area contributed by atoms with E-state index in [4.69, 9.17) is 9.84 Å². The molecule has 0 radical (unpaired) electrons. The van der Waals surface area contributed by atoms with Crippen LogP contribution in [0.1, 0.15) is 6.42 Å². The number of carboxylic acids is 1. The third-order valence-corrected chi connectivity index (χ3v) is 5.81. The van der Waals surface area contributed by atoms with Crippen molar-refractivity contribution < 1.29 is 14.6 Å². The molecule has 9 heteroatoms. The normalized spacial score (nSPS) is 23.6. The van der Waals surface area contributed by atoms with Gasteiger partial charge in [-0.25, -0.2) is 0 Å². The lowest BCUT2D eigenvalue weighted by molar-refractivity contribution is -0.133. The van der Waals surface area contributed by atoms with Gasteiger partial charge >= 0.3 is 5.97 Å². The topological polar surface area (TPSA) is 78.8 Å². The molecular weight excluding hydrogens is 312 g/mol. The van der Waals surface area contributed by atoms with Crippen LogP contribution in [0.3, 0.4) is 0 Å². The molecule has 3 rings (SSSR count). The molecule has 116 valence electrons. The monoisotopic (exact) mass is 330 g/mol. The van der Waals surface area contributed by atoms with Crippen LogP contribution in [0.4, 0.5) is 5.13 Å². The lowest BCUT2D eigenvalue weighted by atomic mass is 10.2. The van der Waals surface area contributed by atoms with Crippen LogP contribution in [-0.2, 0) is 9.53 Å². The maximum absolute atomic E-state index is 10.6. The molecule has 2 saturated heterocycles. The lowest BCUT2D eigenvalue weighted by Crippen LogP contribution is -2.44. The zero-order valence-electron chi connectivity index (χ0n) is 11.6. The predicted octanol–water partition coefficient (Wildman–Crippen LogP) is 0.626. The fourth-order valence-corrected chi connectivity index (χ4v) is 4.26. The second-order valence-corrected chi connectivity index (χ2v) is 7.25. The Morgan fingerprint density at radius 2 is 2.19 bits per heavy atom. The number of carboxylic acid groups (broad SMARTS) is 1. The van der Waals surface area contributed by atoms with Crippen molar-refractivity contribution in [1.82, 2.24) is 15.1 Å². The van der Waals surface area contributed by atoms with E-state index in [0.717, 1.165) is 55.3 Å². The average molecular weight is 330 g/mol. The molecule has 1 N–H and O–H groups in total. The van der Waals surface area contributed by atoms with Crippen molar-refractivity contribution in [2.45, 2.75) is 16.8 Å². The summed E-state index contributed by atoms with van der Waals surface area (Å²) in [6, 6.07) is 0.563. The molecule has 2 aliphatic rings. The van der Waals surface area contributed by atoms with E-state index in [9.17, 15) is 4.79 Å². The summed E-state index contributed by atoms with van der Waals surface area (Å²) in [5.41, 5.74) is 0. The van der Waals surface area contributed by atoms with Gasteiger partial charge in [0, 0.05) is 32.2 Å². The van der Waals surface area contributed by atoms with Gasteiger partial charge in [-0.2, -0.15) is 0 Å². The standard InChI is InChI=1S/C12H18N4O3S2/c17-10(18)8-20-12-14-13-11(21-12)16-2-1-9(7-16)15-3-5-19-6-4-15/h9H,1-8H2,(H,17,18). The first-order valence-corrected chi connectivity index (χ1v) is 8.77. The number of morpholine rings is 1. The molecule has 21 heavy (non-hydrogen) atoms. The predicted molar refractivity (Wildman–Crippen MR) is 81.3 cm³/mol. The summed E-state index contributed by atoms with van der Waals surface area (Å²) in [6.07, 6.45) is 1.14. The number of rotatable bonds is 5. The minimum absolute atomic E-state index is 0.0328. The van der Waals surface area contributed by atoms with Gasteiger partial charge in [-0.05, 0) is 6.42 Å². The van der Waals surface area contributed by atoms with Gasteiger partial charge in [0.1, 0.15) is 0 Å². The molecule has 2 fully saturated rings. The number of thioether (sulfide) groups is 1. The number of hydrogen-bond donors (Lipinski definition) is 1. The van der Waals surface area contributed by atoms with Crippen LogP contribution in [0.2, 0.25) is 0 Å². The minimum Gasteiger partial charge on any atom is -0.481 e. The highest BCUT2D eigenvalue weighted by Gasteiger charge is 2.30. The van der Waals surface area contributed by atoms with Crippen molar-refractivity contribution in [3.05, 3.63) is 0 Å². The Hall–Kier alpha value is -0.900. The van der Waals surface area contributed by atoms with E-state index in [1.54, 1.807) is 0 Å². The third kappa shape index (κ3) is 3.85. The lowest BCUT2D eigenvalue weighted by Gasteiger charge is -2.31. The Bertz CT molecular complexity index is 493. The number of aromatic nitrogens is 2. The molecule has 1 aromatic heterocycles. The Morgan fingerprint density at radius 1 is 1.38 bits per heavy atom. The molecule has 1 unspecified atom stereocenters. The first-order chi connectivity index (χ1) is 10.2. The van der Waals surface area contributed by atoms with Gasteiger partial charge in [0.15, 0.2) is 4.34 Å².